The number of carbonyl (C=O) groups is 1. The monoisotopic (exact) mass is 462 g/mol. The number of carbonyl (C=O) groups excluding carboxylic acids is 1. The molecular weight excluding hydrogens is 436 g/mol. The maximum absolute atomic E-state index is 13.1. The van der Waals surface area contributed by atoms with E-state index in [1.165, 1.54) is 23.5 Å². The number of hydrogen-bond donors (Lipinski definition) is 1. The van der Waals surface area contributed by atoms with Crippen LogP contribution in [0.2, 0.25) is 0 Å². The number of benzene rings is 2. The Morgan fingerprint density at radius 3 is 2.34 bits per heavy atom. The minimum atomic E-state index is -3.68. The van der Waals surface area contributed by atoms with Crippen LogP contribution in [-0.4, -0.2) is 59.2 Å². The molecule has 0 aliphatic carbocycles. The molecule has 4 rings (SSSR count). The van der Waals surface area contributed by atoms with Crippen molar-refractivity contribution in [2.24, 2.45) is 5.92 Å². The highest BCUT2D eigenvalue weighted by molar-refractivity contribution is 7.89. The molecule has 2 aromatic rings. The number of nitrogens with one attached hydrogen (secondary N) is 1. The molecule has 0 saturated carbocycles. The van der Waals surface area contributed by atoms with Gasteiger partial charge in [-0.3, -0.25) is 4.79 Å². The van der Waals surface area contributed by atoms with Gasteiger partial charge in [0, 0.05) is 36.8 Å². The fourth-order valence-electron chi connectivity index (χ4n) is 3.85. The lowest BCUT2D eigenvalue weighted by atomic mass is 9.97. The summed E-state index contributed by atoms with van der Waals surface area (Å²) in [6.45, 7) is 1.36. The van der Waals surface area contributed by atoms with Gasteiger partial charge in [-0.25, -0.2) is 8.42 Å². The van der Waals surface area contributed by atoms with Crippen molar-refractivity contribution >= 4 is 21.6 Å². The lowest BCUT2D eigenvalue weighted by molar-refractivity contribution is -0.120. The SMILES string of the molecule is COc1ccc(NC(=O)C2CCN(S(=O)(=O)c3ccc4c(c3)OCCO4)CC2)cc1OC. The minimum absolute atomic E-state index is 0.145. The van der Waals surface area contributed by atoms with Gasteiger partial charge in [-0.15, -0.1) is 0 Å². The van der Waals surface area contributed by atoms with Crippen molar-refractivity contribution in [3.05, 3.63) is 36.4 Å². The Kier molecular flexibility index (Phi) is 6.43. The first-order valence-electron chi connectivity index (χ1n) is 10.3. The van der Waals surface area contributed by atoms with E-state index in [9.17, 15) is 13.2 Å². The average molecular weight is 463 g/mol. The average Bonchev–Trinajstić information content (AvgIpc) is 2.83. The molecular formula is C22H26N2O7S. The van der Waals surface area contributed by atoms with E-state index in [0.717, 1.165) is 0 Å². The Morgan fingerprint density at radius 2 is 1.66 bits per heavy atom. The van der Waals surface area contributed by atoms with E-state index in [1.54, 1.807) is 31.4 Å². The molecule has 9 nitrogen and oxygen atoms in total. The smallest absolute Gasteiger partial charge is 0.243 e. The predicted octanol–water partition coefficient (Wildman–Crippen LogP) is 2.51. The number of piperidine rings is 1. The molecule has 1 N–H and O–H groups in total. The Morgan fingerprint density at radius 1 is 0.969 bits per heavy atom. The first-order valence-corrected chi connectivity index (χ1v) is 11.8. The third kappa shape index (κ3) is 4.46. The Bertz CT molecular complexity index is 1100. The maximum Gasteiger partial charge on any atom is 0.243 e. The molecule has 0 radical (unpaired) electrons. The van der Waals surface area contributed by atoms with Crippen LogP contribution in [0.5, 0.6) is 23.0 Å². The highest BCUT2D eigenvalue weighted by Gasteiger charge is 2.33. The van der Waals surface area contributed by atoms with Crippen LogP contribution in [0.1, 0.15) is 12.8 Å². The fourth-order valence-corrected chi connectivity index (χ4v) is 5.34. The first kappa shape index (κ1) is 22.2. The van der Waals surface area contributed by atoms with Gasteiger partial charge >= 0.3 is 0 Å². The summed E-state index contributed by atoms with van der Waals surface area (Å²) in [6.07, 6.45) is 0.867. The van der Waals surface area contributed by atoms with Gasteiger partial charge in [-0.05, 0) is 37.1 Å². The maximum atomic E-state index is 13.1. The lowest BCUT2D eigenvalue weighted by Gasteiger charge is -2.31. The summed E-state index contributed by atoms with van der Waals surface area (Å²) >= 11 is 0. The van der Waals surface area contributed by atoms with Crippen molar-refractivity contribution in [2.75, 3.05) is 45.8 Å². The summed E-state index contributed by atoms with van der Waals surface area (Å²) in [5.74, 6) is 1.64. The third-order valence-electron chi connectivity index (χ3n) is 5.63. The third-order valence-corrected chi connectivity index (χ3v) is 7.52. The van der Waals surface area contributed by atoms with Gasteiger partial charge in [0.15, 0.2) is 23.0 Å². The standard InChI is InChI=1S/C22H26N2O7S/c1-28-18-5-3-16(13-20(18)29-2)23-22(25)15-7-9-24(10-8-15)32(26,27)17-4-6-19-21(14-17)31-12-11-30-19/h3-6,13-15H,7-12H2,1-2H3,(H,23,25). The van der Waals surface area contributed by atoms with Crippen LogP contribution in [0.3, 0.4) is 0 Å². The van der Waals surface area contributed by atoms with Crippen molar-refractivity contribution in [1.29, 1.82) is 0 Å². The van der Waals surface area contributed by atoms with Crippen LogP contribution in [0.25, 0.3) is 0 Å². The van der Waals surface area contributed by atoms with Crippen molar-refractivity contribution in [3.63, 3.8) is 0 Å². The van der Waals surface area contributed by atoms with E-state index in [-0.39, 0.29) is 29.8 Å². The lowest BCUT2D eigenvalue weighted by Crippen LogP contribution is -2.41. The second-order valence-corrected chi connectivity index (χ2v) is 9.48. The minimum Gasteiger partial charge on any atom is -0.493 e. The van der Waals surface area contributed by atoms with Gasteiger partial charge in [0.2, 0.25) is 15.9 Å². The highest BCUT2D eigenvalue weighted by Crippen LogP contribution is 2.34. The molecule has 32 heavy (non-hydrogen) atoms. The second-order valence-electron chi connectivity index (χ2n) is 7.54. The quantitative estimate of drug-likeness (QED) is 0.704. The van der Waals surface area contributed by atoms with Gasteiger partial charge in [0.25, 0.3) is 0 Å². The van der Waals surface area contributed by atoms with Crippen molar-refractivity contribution < 1.29 is 32.2 Å². The Balaban J connectivity index is 1.39. The second kappa shape index (κ2) is 9.25. The molecule has 1 fully saturated rings. The van der Waals surface area contributed by atoms with E-state index in [4.69, 9.17) is 18.9 Å². The van der Waals surface area contributed by atoms with Crippen molar-refractivity contribution in [2.45, 2.75) is 17.7 Å². The molecule has 172 valence electrons. The van der Waals surface area contributed by atoms with Crippen LogP contribution in [0.15, 0.2) is 41.3 Å². The Hall–Kier alpha value is -2.98. The molecule has 1 saturated heterocycles. The fraction of sp³-hybridized carbons (Fsp3) is 0.409. The van der Waals surface area contributed by atoms with E-state index < -0.39 is 10.0 Å². The number of ether oxygens (including phenoxy) is 4. The number of hydrogen-bond acceptors (Lipinski definition) is 7. The molecule has 1 amide bonds. The number of rotatable bonds is 6. The number of fused-ring (bicyclic) bond motifs is 1. The van der Waals surface area contributed by atoms with Crippen LogP contribution in [-0.2, 0) is 14.8 Å². The van der Waals surface area contributed by atoms with Gasteiger partial charge in [-0.2, -0.15) is 4.31 Å². The topological polar surface area (TPSA) is 103 Å². The van der Waals surface area contributed by atoms with E-state index in [1.807, 2.05) is 0 Å². The normalized spacial score (nSPS) is 16.9. The summed E-state index contributed by atoms with van der Waals surface area (Å²) in [6, 6.07) is 9.79. The zero-order valence-corrected chi connectivity index (χ0v) is 18.8. The first-order chi connectivity index (χ1) is 15.4. The van der Waals surface area contributed by atoms with Gasteiger partial charge in [-0.1, -0.05) is 0 Å². The zero-order valence-electron chi connectivity index (χ0n) is 18.0. The number of amides is 1. The van der Waals surface area contributed by atoms with Crippen LogP contribution in [0, 0.1) is 5.92 Å². The van der Waals surface area contributed by atoms with E-state index in [2.05, 4.69) is 5.32 Å². The number of anilines is 1. The number of methoxy groups -OCH3 is 2. The van der Waals surface area contributed by atoms with Crippen molar-refractivity contribution in [3.8, 4) is 23.0 Å². The van der Waals surface area contributed by atoms with Crippen LogP contribution < -0.4 is 24.3 Å². The summed E-state index contributed by atoms with van der Waals surface area (Å²) in [5, 5.41) is 2.88. The molecule has 0 aromatic heterocycles. The molecule has 0 unspecified atom stereocenters. The Labute approximate surface area is 187 Å². The van der Waals surface area contributed by atoms with Crippen LogP contribution >= 0.6 is 0 Å². The molecule has 2 aliphatic heterocycles. The summed E-state index contributed by atoms with van der Waals surface area (Å²) in [7, 11) is -0.611. The summed E-state index contributed by atoms with van der Waals surface area (Å²) < 4.78 is 49.0. The van der Waals surface area contributed by atoms with E-state index >= 15 is 0 Å². The molecule has 0 spiro atoms. The largest absolute Gasteiger partial charge is 0.493 e. The van der Waals surface area contributed by atoms with Crippen LogP contribution in [0.4, 0.5) is 5.69 Å². The molecule has 0 atom stereocenters. The molecule has 2 aliphatic rings. The number of sulfonamides is 1. The van der Waals surface area contributed by atoms with Crippen molar-refractivity contribution in [1.82, 2.24) is 4.31 Å². The van der Waals surface area contributed by atoms with Gasteiger partial charge in [0.1, 0.15) is 13.2 Å². The van der Waals surface area contributed by atoms with Gasteiger partial charge in [0.05, 0.1) is 19.1 Å². The number of nitrogens with zero attached hydrogens (tertiary/aromatic N) is 1. The summed E-state index contributed by atoms with van der Waals surface area (Å²) in [4.78, 5) is 12.9. The molecule has 2 aromatic carbocycles. The predicted molar refractivity (Wildman–Crippen MR) is 117 cm³/mol. The molecule has 2 heterocycles. The van der Waals surface area contributed by atoms with Gasteiger partial charge < -0.3 is 24.3 Å². The zero-order chi connectivity index (χ0) is 22.7. The highest BCUT2D eigenvalue weighted by atomic mass is 32.2. The van der Waals surface area contributed by atoms with E-state index in [0.29, 0.717) is 54.7 Å². The molecule has 0 bridgehead atoms. The molecule has 10 heteroatoms. The summed E-state index contributed by atoms with van der Waals surface area (Å²) in [5.41, 5.74) is 0.596.